The highest BCUT2D eigenvalue weighted by Gasteiger charge is 2.29. The van der Waals surface area contributed by atoms with Crippen molar-refractivity contribution in [2.75, 3.05) is 13.2 Å². The maximum atomic E-state index is 10.8. The van der Waals surface area contributed by atoms with Gasteiger partial charge in [0.2, 0.25) is 0 Å². The van der Waals surface area contributed by atoms with Gasteiger partial charge in [-0.05, 0) is 35.4 Å². The van der Waals surface area contributed by atoms with E-state index in [1.165, 1.54) is 11.1 Å². The van der Waals surface area contributed by atoms with Crippen LogP contribution in [-0.2, 0) is 22.3 Å². The van der Waals surface area contributed by atoms with Crippen LogP contribution in [0.3, 0.4) is 0 Å². The molecule has 0 amide bonds. The maximum Gasteiger partial charge on any atom is 0.133 e. The molecule has 3 aliphatic rings. The summed E-state index contributed by atoms with van der Waals surface area (Å²) in [6.45, 7) is 1.68. The molecule has 0 radical (unpaired) electrons. The molecule has 3 heterocycles. The fourth-order valence-corrected chi connectivity index (χ4v) is 3.25. The molecular weight excluding hydrogens is 292 g/mol. The smallest absolute Gasteiger partial charge is 0.133 e. The predicted octanol–water partition coefficient (Wildman–Crippen LogP) is 2.76. The minimum absolute atomic E-state index is 0.340. The van der Waals surface area contributed by atoms with E-state index in [2.05, 4.69) is 12.1 Å². The van der Waals surface area contributed by atoms with Crippen LogP contribution in [0.1, 0.15) is 28.4 Å². The van der Waals surface area contributed by atoms with Gasteiger partial charge in [0, 0.05) is 24.0 Å². The van der Waals surface area contributed by atoms with Crippen LogP contribution in [-0.4, -0.2) is 30.5 Å². The Morgan fingerprint density at radius 3 is 1.74 bits per heavy atom. The number of hydrogen-bond donors (Lipinski definition) is 1. The number of hydrogen-bond acceptors (Lipinski definition) is 4. The van der Waals surface area contributed by atoms with Gasteiger partial charge in [-0.2, -0.15) is 0 Å². The standard InChI is InChI=1S/C19H18O4/c20-19-15-7-11(5-13-9-21-13)1-3-17(15)23-18-4-2-12(8-16(18)19)6-14-10-22-14/h1-4,7-8,13-14,19-20H,5-6,9-10H2. The van der Waals surface area contributed by atoms with E-state index in [1.807, 2.05) is 24.3 Å². The van der Waals surface area contributed by atoms with E-state index in [9.17, 15) is 5.11 Å². The highest BCUT2D eigenvalue weighted by Crippen LogP contribution is 2.43. The van der Waals surface area contributed by atoms with Crippen LogP contribution in [0.5, 0.6) is 11.5 Å². The van der Waals surface area contributed by atoms with Gasteiger partial charge in [0.05, 0.1) is 25.4 Å². The Hall–Kier alpha value is -1.88. The fraction of sp³-hybridized carbons (Fsp3) is 0.368. The average molecular weight is 310 g/mol. The third-order valence-electron chi connectivity index (χ3n) is 4.69. The molecule has 0 saturated carbocycles. The summed E-state index contributed by atoms with van der Waals surface area (Å²) < 4.78 is 16.6. The van der Waals surface area contributed by atoms with Crippen LogP contribution in [0.25, 0.3) is 0 Å². The first-order valence-corrected chi connectivity index (χ1v) is 8.11. The van der Waals surface area contributed by atoms with Gasteiger partial charge in [-0.15, -0.1) is 0 Å². The SMILES string of the molecule is OC1c2cc(CC3CO3)ccc2Oc2ccc(CC3CO3)cc21. The van der Waals surface area contributed by atoms with Crippen molar-refractivity contribution >= 4 is 0 Å². The lowest BCUT2D eigenvalue weighted by Gasteiger charge is -2.26. The molecule has 0 spiro atoms. The summed E-state index contributed by atoms with van der Waals surface area (Å²) in [6, 6.07) is 12.1. The molecule has 118 valence electrons. The molecule has 0 aliphatic carbocycles. The number of rotatable bonds is 4. The van der Waals surface area contributed by atoms with Crippen molar-refractivity contribution in [2.24, 2.45) is 0 Å². The average Bonchev–Trinajstić information content (AvgIpc) is 3.46. The van der Waals surface area contributed by atoms with Crippen LogP contribution < -0.4 is 4.74 Å². The van der Waals surface area contributed by atoms with E-state index < -0.39 is 6.10 Å². The number of aliphatic hydroxyl groups excluding tert-OH is 1. The summed E-state index contributed by atoms with van der Waals surface area (Å²) in [5.41, 5.74) is 4.05. The largest absolute Gasteiger partial charge is 0.457 e. The van der Waals surface area contributed by atoms with Gasteiger partial charge in [0.1, 0.15) is 17.6 Å². The molecule has 2 fully saturated rings. The minimum atomic E-state index is -0.645. The predicted molar refractivity (Wildman–Crippen MR) is 83.9 cm³/mol. The number of aliphatic hydroxyl groups is 1. The molecule has 3 aliphatic heterocycles. The molecule has 2 saturated heterocycles. The molecule has 1 N–H and O–H groups in total. The zero-order valence-electron chi connectivity index (χ0n) is 12.7. The Morgan fingerprint density at radius 2 is 1.30 bits per heavy atom. The lowest BCUT2D eigenvalue weighted by Crippen LogP contribution is -2.11. The lowest BCUT2D eigenvalue weighted by atomic mass is 9.93. The van der Waals surface area contributed by atoms with Crippen LogP contribution in [0.2, 0.25) is 0 Å². The highest BCUT2D eigenvalue weighted by molar-refractivity contribution is 5.54. The Kier molecular flexibility index (Phi) is 2.98. The third kappa shape index (κ3) is 2.63. The van der Waals surface area contributed by atoms with E-state index in [-0.39, 0.29) is 0 Å². The zero-order chi connectivity index (χ0) is 15.4. The van der Waals surface area contributed by atoms with Crippen molar-refractivity contribution in [1.29, 1.82) is 0 Å². The van der Waals surface area contributed by atoms with Crippen molar-refractivity contribution in [1.82, 2.24) is 0 Å². The topological polar surface area (TPSA) is 54.5 Å². The number of benzene rings is 2. The Balaban J connectivity index is 1.47. The van der Waals surface area contributed by atoms with Crippen molar-refractivity contribution in [3.05, 3.63) is 58.7 Å². The molecule has 4 heteroatoms. The zero-order valence-corrected chi connectivity index (χ0v) is 12.7. The van der Waals surface area contributed by atoms with Crippen LogP contribution >= 0.6 is 0 Å². The monoisotopic (exact) mass is 310 g/mol. The molecule has 2 unspecified atom stereocenters. The quantitative estimate of drug-likeness (QED) is 0.882. The van der Waals surface area contributed by atoms with E-state index in [0.29, 0.717) is 12.2 Å². The van der Waals surface area contributed by atoms with Crippen molar-refractivity contribution in [2.45, 2.75) is 31.2 Å². The van der Waals surface area contributed by atoms with Crippen molar-refractivity contribution in [3.63, 3.8) is 0 Å². The highest BCUT2D eigenvalue weighted by atomic mass is 16.6. The van der Waals surface area contributed by atoms with Crippen LogP contribution in [0.15, 0.2) is 36.4 Å². The number of ether oxygens (including phenoxy) is 3. The molecule has 2 aromatic rings. The first-order chi connectivity index (χ1) is 11.3. The van der Waals surface area contributed by atoms with Gasteiger partial charge in [-0.3, -0.25) is 0 Å². The van der Waals surface area contributed by atoms with Gasteiger partial charge in [0.25, 0.3) is 0 Å². The van der Waals surface area contributed by atoms with Gasteiger partial charge < -0.3 is 19.3 Å². The molecule has 0 aromatic heterocycles. The normalized spacial score (nSPS) is 26.9. The van der Waals surface area contributed by atoms with Crippen LogP contribution in [0, 0.1) is 0 Å². The molecule has 5 rings (SSSR count). The first-order valence-electron chi connectivity index (χ1n) is 8.11. The maximum absolute atomic E-state index is 10.8. The van der Waals surface area contributed by atoms with Gasteiger partial charge in [-0.1, -0.05) is 12.1 Å². The number of epoxide rings is 2. The fourth-order valence-electron chi connectivity index (χ4n) is 3.25. The second-order valence-electron chi connectivity index (χ2n) is 6.57. The lowest BCUT2D eigenvalue weighted by molar-refractivity contribution is 0.202. The molecule has 4 nitrogen and oxygen atoms in total. The summed E-state index contributed by atoms with van der Waals surface area (Å²) >= 11 is 0. The Morgan fingerprint density at radius 1 is 0.826 bits per heavy atom. The summed E-state index contributed by atoms with van der Waals surface area (Å²) in [7, 11) is 0. The molecule has 2 aromatic carbocycles. The van der Waals surface area contributed by atoms with E-state index in [0.717, 1.165) is 48.7 Å². The van der Waals surface area contributed by atoms with Gasteiger partial charge in [0.15, 0.2) is 0 Å². The third-order valence-corrected chi connectivity index (χ3v) is 4.69. The van der Waals surface area contributed by atoms with E-state index in [4.69, 9.17) is 14.2 Å². The van der Waals surface area contributed by atoms with Crippen molar-refractivity contribution < 1.29 is 19.3 Å². The summed E-state index contributed by atoms with van der Waals surface area (Å²) in [6.07, 6.45) is 1.82. The van der Waals surface area contributed by atoms with Gasteiger partial charge in [-0.25, -0.2) is 0 Å². The van der Waals surface area contributed by atoms with E-state index in [1.54, 1.807) is 0 Å². The molecule has 0 bridgehead atoms. The summed E-state index contributed by atoms with van der Waals surface area (Å²) in [4.78, 5) is 0. The van der Waals surface area contributed by atoms with Gasteiger partial charge >= 0.3 is 0 Å². The van der Waals surface area contributed by atoms with Crippen molar-refractivity contribution in [3.8, 4) is 11.5 Å². The number of fused-ring (bicyclic) bond motifs is 2. The Labute approximate surface area is 134 Å². The first kappa shape index (κ1) is 13.5. The van der Waals surface area contributed by atoms with Crippen LogP contribution in [0.4, 0.5) is 0 Å². The minimum Gasteiger partial charge on any atom is -0.457 e. The second kappa shape index (κ2) is 5.06. The molecule has 2 atom stereocenters. The second-order valence-corrected chi connectivity index (χ2v) is 6.57. The summed E-state index contributed by atoms with van der Waals surface area (Å²) in [5.74, 6) is 1.48. The van der Waals surface area contributed by atoms with E-state index >= 15 is 0 Å². The molecule has 23 heavy (non-hydrogen) atoms. The molecular formula is C19H18O4. The summed E-state index contributed by atoms with van der Waals surface area (Å²) in [5, 5.41) is 10.8. The Bertz CT molecular complexity index is 698.